The van der Waals surface area contributed by atoms with E-state index in [2.05, 4.69) is 17.6 Å². The molecule has 2 heterocycles. The number of fused-ring (bicyclic) bond motifs is 2. The number of nitrogens with two attached hydrogens (primary N) is 1. The van der Waals surface area contributed by atoms with Gasteiger partial charge in [-0.3, -0.25) is 9.59 Å². The third-order valence-electron chi connectivity index (χ3n) is 9.32. The van der Waals surface area contributed by atoms with Crippen molar-refractivity contribution in [3.63, 3.8) is 0 Å². The molecule has 2 aliphatic heterocycles. The normalized spacial score (nSPS) is 23.9. The average molecular weight is 624 g/mol. The molecule has 0 unspecified atom stereocenters. The van der Waals surface area contributed by atoms with Crippen molar-refractivity contribution >= 4 is 17.5 Å². The molecule has 1 saturated heterocycles. The first-order valence-electron chi connectivity index (χ1n) is 16.3. The van der Waals surface area contributed by atoms with Crippen LogP contribution in [0.4, 0.5) is 0 Å². The largest absolute Gasteiger partial charge is 0.459 e. The minimum Gasteiger partial charge on any atom is -0.459 e. The lowest BCUT2D eigenvalue weighted by molar-refractivity contribution is -0.157. The topological polar surface area (TPSA) is 164 Å². The number of allylic oxidation sites excluding steroid dienone is 3. The average Bonchev–Trinajstić information content (AvgIpc) is 3.75. The fourth-order valence-corrected chi connectivity index (χ4v) is 6.55. The number of aliphatic hydroxyl groups excluding tert-OH is 2. The van der Waals surface area contributed by atoms with Gasteiger partial charge in [0.15, 0.2) is 11.4 Å². The van der Waals surface area contributed by atoms with Gasteiger partial charge in [-0.2, -0.15) is 0 Å². The third kappa shape index (κ3) is 7.09. The number of unbranched alkanes of at least 4 members (excludes halogenated alkanes) is 1. The van der Waals surface area contributed by atoms with Gasteiger partial charge in [0.05, 0.1) is 12.4 Å². The third-order valence-corrected chi connectivity index (χ3v) is 9.32. The number of hydrogen-bond acceptors (Lipinski definition) is 10. The highest BCUT2D eigenvalue weighted by Crippen LogP contribution is 2.59. The van der Waals surface area contributed by atoms with E-state index in [9.17, 15) is 24.6 Å². The molecule has 6 N–H and O–H groups in total. The fraction of sp³-hybridized carbons (Fsp3) is 0.571. The van der Waals surface area contributed by atoms with Gasteiger partial charge < -0.3 is 36.1 Å². The number of benzene rings is 1. The Balaban J connectivity index is 1.67. The van der Waals surface area contributed by atoms with E-state index in [0.717, 1.165) is 37.0 Å². The maximum absolute atomic E-state index is 14.2. The SMILES string of the molecule is CCCC[C@H](CNCC)[C@H](CCCO)OC(=O)[C@]12O[C@@]1(C/C(CO)=C(\C)CCC1=CCNC(N)=C1)C(=O)c1ccccc1C2=O. The second kappa shape index (κ2) is 15.3. The Bertz CT molecular complexity index is 1340. The van der Waals surface area contributed by atoms with Crippen molar-refractivity contribution in [3.05, 3.63) is 70.1 Å². The minimum absolute atomic E-state index is 0.0471. The van der Waals surface area contributed by atoms with Crippen LogP contribution in [-0.4, -0.2) is 77.9 Å². The van der Waals surface area contributed by atoms with Crippen molar-refractivity contribution in [2.75, 3.05) is 32.8 Å². The summed E-state index contributed by atoms with van der Waals surface area (Å²) < 4.78 is 12.3. The molecule has 3 aliphatic rings. The van der Waals surface area contributed by atoms with Gasteiger partial charge in [-0.15, -0.1) is 0 Å². The fourth-order valence-electron chi connectivity index (χ4n) is 6.55. The van der Waals surface area contributed by atoms with Crippen molar-refractivity contribution < 1.29 is 34.1 Å². The number of Topliss-reactive ketones (excluding diaryl/α,β-unsaturated/α-hetero) is 2. The number of hydrogen-bond donors (Lipinski definition) is 5. The predicted molar refractivity (Wildman–Crippen MR) is 171 cm³/mol. The summed E-state index contributed by atoms with van der Waals surface area (Å²) in [5, 5.41) is 26.5. The Labute approximate surface area is 266 Å². The molecule has 45 heavy (non-hydrogen) atoms. The Hall–Kier alpha value is -3.31. The standard InChI is InChI=1S/C35H49N3O7/c1-4-6-10-25(21-37-5-2)29(13-9-18-39)44-33(43)35-32(42)28-12-8-7-11-27(28)31(41)34(35,45-35)20-26(22-40)23(3)14-15-24-16-17-38-30(36)19-24/h7-8,11-12,16,19,25,29,37-40H,4-6,9-10,13-15,17-18,20-22,36H2,1-3H3/b26-23-/t25-,29+,34+,35+/m1/s1. The van der Waals surface area contributed by atoms with Gasteiger partial charge in [0.25, 0.3) is 5.60 Å². The van der Waals surface area contributed by atoms with E-state index in [-0.39, 0.29) is 36.7 Å². The molecule has 1 aliphatic carbocycles. The molecule has 0 aromatic heterocycles. The molecule has 0 saturated carbocycles. The molecule has 10 heteroatoms. The molecule has 4 rings (SSSR count). The monoisotopic (exact) mass is 623 g/mol. The zero-order chi connectivity index (χ0) is 32.6. The quantitative estimate of drug-likeness (QED) is 0.0708. The molecule has 1 aromatic rings. The Morgan fingerprint density at radius 3 is 2.51 bits per heavy atom. The number of dihydropyridines is 1. The van der Waals surface area contributed by atoms with E-state index in [1.54, 1.807) is 18.2 Å². The second-order valence-corrected chi connectivity index (χ2v) is 12.3. The van der Waals surface area contributed by atoms with Gasteiger partial charge in [0.1, 0.15) is 6.10 Å². The summed E-state index contributed by atoms with van der Waals surface area (Å²) in [6.45, 7) is 7.55. The van der Waals surface area contributed by atoms with Crippen LogP contribution in [0.3, 0.4) is 0 Å². The van der Waals surface area contributed by atoms with Crippen LogP contribution < -0.4 is 16.4 Å². The number of carbonyl (C=O) groups is 3. The second-order valence-electron chi connectivity index (χ2n) is 12.3. The summed E-state index contributed by atoms with van der Waals surface area (Å²) in [6.07, 6.45) is 8.01. The van der Waals surface area contributed by atoms with Crippen LogP contribution in [-0.2, 0) is 14.3 Å². The number of ether oxygens (including phenoxy) is 2. The lowest BCUT2D eigenvalue weighted by atomic mass is 9.71. The number of ketones is 2. The van der Waals surface area contributed by atoms with Crippen LogP contribution in [0, 0.1) is 5.92 Å². The molecular weight excluding hydrogens is 574 g/mol. The summed E-state index contributed by atoms with van der Waals surface area (Å²) in [7, 11) is 0. The van der Waals surface area contributed by atoms with Gasteiger partial charge in [-0.25, -0.2) is 4.79 Å². The number of nitrogens with one attached hydrogen (secondary N) is 2. The van der Waals surface area contributed by atoms with Crippen molar-refractivity contribution in [1.29, 1.82) is 0 Å². The molecule has 4 atom stereocenters. The van der Waals surface area contributed by atoms with Crippen LogP contribution in [0.25, 0.3) is 0 Å². The molecule has 246 valence electrons. The van der Waals surface area contributed by atoms with Gasteiger partial charge in [0, 0.05) is 43.2 Å². The molecule has 1 aromatic carbocycles. The van der Waals surface area contributed by atoms with E-state index >= 15 is 0 Å². The lowest BCUT2D eigenvalue weighted by Crippen LogP contribution is -2.52. The number of carbonyl (C=O) groups excluding carboxylic acids is 3. The van der Waals surface area contributed by atoms with Crippen molar-refractivity contribution in [3.8, 4) is 0 Å². The molecule has 0 radical (unpaired) electrons. The van der Waals surface area contributed by atoms with Crippen LogP contribution in [0.1, 0.15) is 92.9 Å². The Kier molecular flexibility index (Phi) is 11.8. The smallest absolute Gasteiger partial charge is 0.350 e. The summed E-state index contributed by atoms with van der Waals surface area (Å²) >= 11 is 0. The summed E-state index contributed by atoms with van der Waals surface area (Å²) in [5.41, 5.74) is 4.74. The van der Waals surface area contributed by atoms with Crippen molar-refractivity contribution in [2.45, 2.75) is 89.4 Å². The molecule has 0 spiro atoms. The first-order valence-corrected chi connectivity index (χ1v) is 16.3. The van der Waals surface area contributed by atoms with E-state index in [4.69, 9.17) is 15.2 Å². The number of epoxide rings is 1. The highest BCUT2D eigenvalue weighted by atomic mass is 16.7. The first-order chi connectivity index (χ1) is 21.7. The molecule has 1 fully saturated rings. The van der Waals surface area contributed by atoms with Crippen LogP contribution in [0.2, 0.25) is 0 Å². The van der Waals surface area contributed by atoms with Crippen molar-refractivity contribution in [2.24, 2.45) is 11.7 Å². The molecular formula is C35H49N3O7. The summed E-state index contributed by atoms with van der Waals surface area (Å²) in [4.78, 5) is 42.5. The van der Waals surface area contributed by atoms with E-state index in [0.29, 0.717) is 50.2 Å². The van der Waals surface area contributed by atoms with E-state index in [1.807, 2.05) is 26.0 Å². The van der Waals surface area contributed by atoms with Gasteiger partial charge >= 0.3 is 5.97 Å². The molecule has 0 bridgehead atoms. The maximum Gasteiger partial charge on any atom is 0.350 e. The van der Waals surface area contributed by atoms with Crippen molar-refractivity contribution in [1.82, 2.24) is 10.6 Å². The number of aliphatic hydroxyl groups is 2. The number of esters is 1. The highest BCUT2D eigenvalue weighted by Gasteiger charge is 2.85. The van der Waals surface area contributed by atoms with E-state index in [1.165, 1.54) is 6.07 Å². The lowest BCUT2D eigenvalue weighted by Gasteiger charge is -2.30. The Morgan fingerprint density at radius 2 is 1.87 bits per heavy atom. The van der Waals surface area contributed by atoms with Gasteiger partial charge in [-0.05, 0) is 62.8 Å². The molecule has 0 amide bonds. The van der Waals surface area contributed by atoms with Gasteiger partial charge in [-0.1, -0.05) is 62.6 Å². The van der Waals surface area contributed by atoms with Crippen LogP contribution in [0.15, 0.2) is 59.0 Å². The zero-order valence-corrected chi connectivity index (χ0v) is 26.8. The summed E-state index contributed by atoms with van der Waals surface area (Å²) in [5.74, 6) is -1.40. The van der Waals surface area contributed by atoms with Gasteiger partial charge in [0.2, 0.25) is 5.78 Å². The number of rotatable bonds is 18. The van der Waals surface area contributed by atoms with E-state index < -0.39 is 34.8 Å². The maximum atomic E-state index is 14.2. The van der Waals surface area contributed by atoms with Crippen LogP contribution in [0.5, 0.6) is 0 Å². The first kappa shape index (κ1) is 34.6. The molecule has 10 nitrogen and oxygen atoms in total. The minimum atomic E-state index is -2.14. The Morgan fingerprint density at radius 1 is 1.13 bits per heavy atom. The zero-order valence-electron chi connectivity index (χ0n) is 26.8. The van der Waals surface area contributed by atoms with Crippen LogP contribution >= 0.6 is 0 Å². The summed E-state index contributed by atoms with van der Waals surface area (Å²) in [6, 6.07) is 6.44. The highest BCUT2D eigenvalue weighted by molar-refractivity contribution is 6.32. The predicted octanol–water partition coefficient (Wildman–Crippen LogP) is 3.48.